The highest BCUT2D eigenvalue weighted by Crippen LogP contribution is 2.24. The molecule has 6 heteroatoms. The highest BCUT2D eigenvalue weighted by molar-refractivity contribution is 5.78. The normalized spacial score (nSPS) is 17.9. The zero-order valence-electron chi connectivity index (χ0n) is 16.1. The average molecular weight is 356 g/mol. The Hall–Kier alpha value is -2.21. The fraction of sp³-hybridized carbons (Fsp3) is 0.550. The summed E-state index contributed by atoms with van der Waals surface area (Å²) in [7, 11) is 0. The van der Waals surface area contributed by atoms with Gasteiger partial charge in [-0.2, -0.15) is 4.98 Å². The Labute approximate surface area is 155 Å². The van der Waals surface area contributed by atoms with Gasteiger partial charge in [-0.25, -0.2) is 0 Å². The number of aromatic nitrogens is 2. The van der Waals surface area contributed by atoms with Crippen molar-refractivity contribution in [1.82, 2.24) is 19.9 Å². The van der Waals surface area contributed by atoms with Gasteiger partial charge in [0.15, 0.2) is 0 Å². The van der Waals surface area contributed by atoms with Gasteiger partial charge in [0.25, 0.3) is 0 Å². The molecular formula is C20H28N4O2. The molecule has 140 valence electrons. The summed E-state index contributed by atoms with van der Waals surface area (Å²) >= 11 is 0. The van der Waals surface area contributed by atoms with E-state index in [0.29, 0.717) is 11.7 Å². The van der Waals surface area contributed by atoms with E-state index in [2.05, 4.69) is 35.8 Å². The van der Waals surface area contributed by atoms with Gasteiger partial charge in [0.05, 0.1) is 6.04 Å². The molecule has 1 aliphatic heterocycles. The number of hydrogen-bond acceptors (Lipinski definition) is 5. The number of carbonyl (C=O) groups is 1. The number of nitrogens with zero attached hydrogens (tertiary/aromatic N) is 4. The minimum atomic E-state index is 0.0440. The van der Waals surface area contributed by atoms with Crippen molar-refractivity contribution in [3.8, 4) is 11.4 Å². The average Bonchev–Trinajstić information content (AvgIpc) is 3.17. The molecule has 26 heavy (non-hydrogen) atoms. The highest BCUT2D eigenvalue weighted by Gasteiger charge is 2.29. The van der Waals surface area contributed by atoms with Crippen LogP contribution in [0.2, 0.25) is 0 Å². The SMILES string of the molecule is CC[C@H](C)C(=O)N1CCN([C@@H](C)c2nc(-c3ccc(C)cc3)no2)CC1. The summed E-state index contributed by atoms with van der Waals surface area (Å²) < 4.78 is 5.51. The van der Waals surface area contributed by atoms with Crippen LogP contribution >= 0.6 is 0 Å². The fourth-order valence-electron chi connectivity index (χ4n) is 3.20. The van der Waals surface area contributed by atoms with Gasteiger partial charge in [-0.1, -0.05) is 48.8 Å². The van der Waals surface area contributed by atoms with Crippen LogP contribution in [0.5, 0.6) is 0 Å². The molecule has 1 saturated heterocycles. The Morgan fingerprint density at radius 3 is 2.42 bits per heavy atom. The summed E-state index contributed by atoms with van der Waals surface area (Å²) in [6.45, 7) is 11.4. The van der Waals surface area contributed by atoms with Crippen molar-refractivity contribution in [2.24, 2.45) is 5.92 Å². The zero-order chi connectivity index (χ0) is 18.7. The molecule has 0 radical (unpaired) electrons. The number of piperazine rings is 1. The van der Waals surface area contributed by atoms with E-state index in [1.54, 1.807) is 0 Å². The molecule has 1 aromatic carbocycles. The first-order valence-electron chi connectivity index (χ1n) is 9.43. The Bertz CT molecular complexity index is 733. The first-order chi connectivity index (χ1) is 12.5. The monoisotopic (exact) mass is 356 g/mol. The van der Waals surface area contributed by atoms with Crippen LogP contribution in [-0.2, 0) is 4.79 Å². The maximum Gasteiger partial charge on any atom is 0.244 e. The second-order valence-corrected chi connectivity index (χ2v) is 7.17. The predicted octanol–water partition coefficient (Wildman–Crippen LogP) is 3.30. The van der Waals surface area contributed by atoms with E-state index in [-0.39, 0.29) is 17.9 Å². The Morgan fingerprint density at radius 2 is 1.81 bits per heavy atom. The summed E-state index contributed by atoms with van der Waals surface area (Å²) in [6.07, 6.45) is 0.888. The first-order valence-corrected chi connectivity index (χ1v) is 9.43. The number of carbonyl (C=O) groups excluding carboxylic acids is 1. The van der Waals surface area contributed by atoms with Gasteiger partial charge in [-0.15, -0.1) is 0 Å². The highest BCUT2D eigenvalue weighted by atomic mass is 16.5. The van der Waals surface area contributed by atoms with E-state index in [9.17, 15) is 4.79 Å². The van der Waals surface area contributed by atoms with Crippen molar-refractivity contribution in [3.63, 3.8) is 0 Å². The third-order valence-corrected chi connectivity index (χ3v) is 5.32. The van der Waals surface area contributed by atoms with Crippen LogP contribution in [0.3, 0.4) is 0 Å². The molecule has 1 aromatic heterocycles. The Balaban J connectivity index is 1.61. The van der Waals surface area contributed by atoms with E-state index in [4.69, 9.17) is 4.52 Å². The van der Waals surface area contributed by atoms with Crippen LogP contribution in [0.25, 0.3) is 11.4 Å². The maximum absolute atomic E-state index is 12.3. The largest absolute Gasteiger partial charge is 0.340 e. The second kappa shape index (κ2) is 7.99. The van der Waals surface area contributed by atoms with Crippen LogP contribution in [-0.4, -0.2) is 52.0 Å². The molecule has 2 aromatic rings. The molecule has 1 fully saturated rings. The van der Waals surface area contributed by atoms with Gasteiger partial charge in [0.2, 0.25) is 17.6 Å². The lowest BCUT2D eigenvalue weighted by atomic mass is 10.1. The van der Waals surface area contributed by atoms with Crippen molar-refractivity contribution >= 4 is 5.91 Å². The molecular weight excluding hydrogens is 328 g/mol. The van der Waals surface area contributed by atoms with Crippen LogP contribution in [0.15, 0.2) is 28.8 Å². The molecule has 0 bridgehead atoms. The molecule has 0 aliphatic carbocycles. The molecule has 1 amide bonds. The number of aryl methyl sites for hydroxylation is 1. The molecule has 0 N–H and O–H groups in total. The molecule has 2 heterocycles. The molecule has 0 unspecified atom stereocenters. The van der Waals surface area contributed by atoms with E-state index < -0.39 is 0 Å². The van der Waals surface area contributed by atoms with E-state index >= 15 is 0 Å². The first kappa shape index (κ1) is 18.6. The quantitative estimate of drug-likeness (QED) is 0.822. The number of hydrogen-bond donors (Lipinski definition) is 0. The lowest BCUT2D eigenvalue weighted by molar-refractivity contribution is -0.137. The summed E-state index contributed by atoms with van der Waals surface area (Å²) in [4.78, 5) is 21.2. The minimum absolute atomic E-state index is 0.0440. The Kier molecular flexibility index (Phi) is 5.71. The van der Waals surface area contributed by atoms with Crippen LogP contribution in [0, 0.1) is 12.8 Å². The summed E-state index contributed by atoms with van der Waals surface area (Å²) in [5, 5.41) is 4.13. The molecule has 0 spiro atoms. The Morgan fingerprint density at radius 1 is 1.15 bits per heavy atom. The van der Waals surface area contributed by atoms with Gasteiger partial charge in [0.1, 0.15) is 0 Å². The van der Waals surface area contributed by atoms with E-state index in [0.717, 1.165) is 38.2 Å². The second-order valence-electron chi connectivity index (χ2n) is 7.17. The molecule has 6 nitrogen and oxygen atoms in total. The van der Waals surface area contributed by atoms with Crippen molar-refractivity contribution < 1.29 is 9.32 Å². The zero-order valence-corrected chi connectivity index (χ0v) is 16.1. The third kappa shape index (κ3) is 3.96. The summed E-state index contributed by atoms with van der Waals surface area (Å²) in [5.41, 5.74) is 2.16. The lowest BCUT2D eigenvalue weighted by Gasteiger charge is -2.37. The van der Waals surface area contributed by atoms with Crippen LogP contribution in [0.4, 0.5) is 0 Å². The molecule has 0 saturated carbocycles. The van der Waals surface area contributed by atoms with Crippen molar-refractivity contribution in [3.05, 3.63) is 35.7 Å². The molecule has 1 aliphatic rings. The maximum atomic E-state index is 12.3. The number of amides is 1. The summed E-state index contributed by atoms with van der Waals surface area (Å²) in [5.74, 6) is 1.62. The topological polar surface area (TPSA) is 62.5 Å². The van der Waals surface area contributed by atoms with Crippen molar-refractivity contribution in [2.45, 2.75) is 40.2 Å². The van der Waals surface area contributed by atoms with Gasteiger partial charge in [-0.05, 0) is 20.3 Å². The van der Waals surface area contributed by atoms with Crippen LogP contribution < -0.4 is 0 Å². The van der Waals surface area contributed by atoms with Gasteiger partial charge < -0.3 is 9.42 Å². The van der Waals surface area contributed by atoms with Crippen molar-refractivity contribution in [2.75, 3.05) is 26.2 Å². The molecule has 2 atom stereocenters. The summed E-state index contributed by atoms with van der Waals surface area (Å²) in [6, 6.07) is 8.15. The van der Waals surface area contributed by atoms with Gasteiger partial charge in [0, 0.05) is 37.7 Å². The van der Waals surface area contributed by atoms with E-state index in [1.807, 2.05) is 36.1 Å². The van der Waals surface area contributed by atoms with Crippen LogP contribution in [0.1, 0.15) is 44.7 Å². The lowest BCUT2D eigenvalue weighted by Crippen LogP contribution is -2.50. The van der Waals surface area contributed by atoms with Gasteiger partial charge in [-0.3, -0.25) is 9.69 Å². The van der Waals surface area contributed by atoms with Crippen molar-refractivity contribution in [1.29, 1.82) is 0 Å². The fourth-order valence-corrected chi connectivity index (χ4v) is 3.20. The van der Waals surface area contributed by atoms with E-state index in [1.165, 1.54) is 5.56 Å². The number of rotatable bonds is 5. The number of benzene rings is 1. The smallest absolute Gasteiger partial charge is 0.244 e. The van der Waals surface area contributed by atoms with Gasteiger partial charge >= 0.3 is 0 Å². The predicted molar refractivity (Wildman–Crippen MR) is 100 cm³/mol. The standard InChI is InChI=1S/C20H28N4O2/c1-5-15(3)20(25)24-12-10-23(11-13-24)16(4)19-21-18(22-26-19)17-8-6-14(2)7-9-17/h6-9,15-16H,5,10-13H2,1-4H3/t15-,16-/m0/s1. The third-order valence-electron chi connectivity index (χ3n) is 5.32. The molecule has 3 rings (SSSR count). The minimum Gasteiger partial charge on any atom is -0.340 e.